The minimum atomic E-state index is -0.213. The van der Waals surface area contributed by atoms with Gasteiger partial charge in [0.2, 0.25) is 5.91 Å². The Labute approximate surface area is 163 Å². The number of carbonyl (C=O) groups excluding carboxylic acids is 1. The number of fused-ring (bicyclic) bond motifs is 1. The molecule has 1 N–H and O–H groups in total. The molecule has 0 saturated carbocycles. The molecule has 1 fully saturated rings. The Morgan fingerprint density at radius 2 is 1.81 bits per heavy atom. The van der Waals surface area contributed by atoms with E-state index in [1.165, 1.54) is 12.8 Å². The first-order valence-corrected chi connectivity index (χ1v) is 10.4. The molecule has 0 spiro atoms. The van der Waals surface area contributed by atoms with E-state index in [9.17, 15) is 4.79 Å². The van der Waals surface area contributed by atoms with Gasteiger partial charge in [-0.05, 0) is 62.4 Å². The first-order valence-electron chi connectivity index (χ1n) is 10.4. The average Bonchev–Trinajstić information content (AvgIpc) is 2.68. The van der Waals surface area contributed by atoms with Crippen LogP contribution in [0.1, 0.15) is 52.0 Å². The summed E-state index contributed by atoms with van der Waals surface area (Å²) in [6, 6.07) is 6.20. The molecule has 1 aromatic rings. The van der Waals surface area contributed by atoms with Crippen LogP contribution >= 0.6 is 0 Å². The standard InChI is InChI=1S/C22H34N2O3/c1-15(2)19(24-9-7-16(3)8-10-24)14-23-22(25)17(4)18-5-6-20-21(13-18)27-12-11-26-20/h5-6,13,15-17,19H,7-12,14H2,1-4H3,(H,23,25). The van der Waals surface area contributed by atoms with Gasteiger partial charge in [0.05, 0.1) is 5.92 Å². The molecule has 5 heteroatoms. The molecule has 5 nitrogen and oxygen atoms in total. The summed E-state index contributed by atoms with van der Waals surface area (Å²) in [5, 5.41) is 3.20. The van der Waals surface area contributed by atoms with Gasteiger partial charge in [-0.25, -0.2) is 0 Å². The van der Waals surface area contributed by atoms with Crippen LogP contribution in [-0.2, 0) is 4.79 Å². The molecule has 2 aliphatic rings. The Kier molecular flexibility index (Phi) is 6.64. The smallest absolute Gasteiger partial charge is 0.227 e. The lowest BCUT2D eigenvalue weighted by Crippen LogP contribution is -2.50. The molecule has 27 heavy (non-hydrogen) atoms. The quantitative estimate of drug-likeness (QED) is 0.829. The summed E-state index contributed by atoms with van der Waals surface area (Å²) < 4.78 is 11.2. The highest BCUT2D eigenvalue weighted by atomic mass is 16.6. The van der Waals surface area contributed by atoms with Crippen LogP contribution in [0.25, 0.3) is 0 Å². The topological polar surface area (TPSA) is 50.8 Å². The molecule has 0 radical (unpaired) electrons. The molecule has 0 aromatic heterocycles. The first-order chi connectivity index (χ1) is 13.0. The molecular weight excluding hydrogens is 340 g/mol. The van der Waals surface area contributed by atoms with Crippen molar-refractivity contribution in [3.05, 3.63) is 23.8 Å². The minimum Gasteiger partial charge on any atom is -0.486 e. The molecular formula is C22H34N2O3. The maximum Gasteiger partial charge on any atom is 0.227 e. The molecule has 0 aliphatic carbocycles. The second-order valence-corrected chi connectivity index (χ2v) is 8.40. The summed E-state index contributed by atoms with van der Waals surface area (Å²) in [6.45, 7) is 12.9. The number of nitrogens with one attached hydrogen (secondary N) is 1. The summed E-state index contributed by atoms with van der Waals surface area (Å²) >= 11 is 0. The molecule has 1 saturated heterocycles. The highest BCUT2D eigenvalue weighted by Crippen LogP contribution is 2.33. The van der Waals surface area contributed by atoms with Crippen molar-refractivity contribution in [2.24, 2.45) is 11.8 Å². The summed E-state index contributed by atoms with van der Waals surface area (Å²) in [5.41, 5.74) is 0.963. The lowest BCUT2D eigenvalue weighted by Gasteiger charge is -2.39. The third kappa shape index (κ3) is 4.95. The van der Waals surface area contributed by atoms with Crippen LogP contribution in [0.5, 0.6) is 11.5 Å². The Balaban J connectivity index is 1.58. The van der Waals surface area contributed by atoms with E-state index < -0.39 is 0 Å². The van der Waals surface area contributed by atoms with Crippen molar-refractivity contribution >= 4 is 5.91 Å². The van der Waals surface area contributed by atoms with Gasteiger partial charge in [0.25, 0.3) is 0 Å². The van der Waals surface area contributed by atoms with Gasteiger partial charge in [0.15, 0.2) is 11.5 Å². The predicted octanol–water partition coefficient (Wildman–Crippen LogP) is 3.43. The third-order valence-electron chi connectivity index (χ3n) is 6.00. The minimum absolute atomic E-state index is 0.0719. The van der Waals surface area contributed by atoms with Crippen molar-refractivity contribution in [2.75, 3.05) is 32.8 Å². The first kappa shape index (κ1) is 20.0. The van der Waals surface area contributed by atoms with Gasteiger partial charge in [0, 0.05) is 12.6 Å². The van der Waals surface area contributed by atoms with Gasteiger partial charge in [-0.3, -0.25) is 9.69 Å². The fraction of sp³-hybridized carbons (Fsp3) is 0.682. The maximum absolute atomic E-state index is 12.8. The van der Waals surface area contributed by atoms with Crippen LogP contribution in [-0.4, -0.2) is 49.7 Å². The van der Waals surface area contributed by atoms with Crippen LogP contribution in [0.15, 0.2) is 18.2 Å². The summed E-state index contributed by atoms with van der Waals surface area (Å²) in [4.78, 5) is 15.3. The van der Waals surface area contributed by atoms with Gasteiger partial charge in [0.1, 0.15) is 13.2 Å². The Morgan fingerprint density at radius 1 is 1.15 bits per heavy atom. The van der Waals surface area contributed by atoms with Crippen LogP contribution < -0.4 is 14.8 Å². The largest absolute Gasteiger partial charge is 0.486 e. The normalized spacial score (nSPS) is 20.3. The van der Waals surface area contributed by atoms with Crippen LogP contribution in [0.3, 0.4) is 0 Å². The van der Waals surface area contributed by atoms with E-state index in [-0.39, 0.29) is 11.8 Å². The number of carbonyl (C=O) groups is 1. The zero-order chi connectivity index (χ0) is 19.4. The van der Waals surface area contributed by atoms with E-state index in [0.717, 1.165) is 36.1 Å². The molecule has 2 heterocycles. The maximum atomic E-state index is 12.8. The number of hydrogen-bond acceptors (Lipinski definition) is 4. The highest BCUT2D eigenvalue weighted by Gasteiger charge is 2.27. The van der Waals surface area contributed by atoms with Crippen molar-refractivity contribution in [2.45, 2.75) is 52.5 Å². The van der Waals surface area contributed by atoms with Gasteiger partial charge in [-0.15, -0.1) is 0 Å². The van der Waals surface area contributed by atoms with Crippen molar-refractivity contribution in [1.82, 2.24) is 10.2 Å². The lowest BCUT2D eigenvalue weighted by molar-refractivity contribution is -0.122. The van der Waals surface area contributed by atoms with Crippen LogP contribution in [0.2, 0.25) is 0 Å². The van der Waals surface area contributed by atoms with Crippen molar-refractivity contribution in [3.63, 3.8) is 0 Å². The number of piperidine rings is 1. The second-order valence-electron chi connectivity index (χ2n) is 8.40. The summed E-state index contributed by atoms with van der Waals surface area (Å²) in [7, 11) is 0. The molecule has 2 unspecified atom stereocenters. The van der Waals surface area contributed by atoms with Crippen molar-refractivity contribution < 1.29 is 14.3 Å². The lowest BCUT2D eigenvalue weighted by atomic mass is 9.94. The van der Waals surface area contributed by atoms with E-state index in [1.807, 2.05) is 25.1 Å². The molecule has 2 aliphatic heterocycles. The SMILES string of the molecule is CC1CCN(C(CNC(=O)C(C)c2ccc3c(c2)OCCO3)C(C)C)CC1. The van der Waals surface area contributed by atoms with Gasteiger partial charge >= 0.3 is 0 Å². The number of likely N-dealkylation sites (tertiary alicyclic amines) is 1. The number of nitrogens with zero attached hydrogens (tertiary/aromatic N) is 1. The molecule has 2 atom stereocenters. The monoisotopic (exact) mass is 374 g/mol. The molecule has 3 rings (SSSR count). The molecule has 150 valence electrons. The Hall–Kier alpha value is -1.75. The zero-order valence-corrected chi connectivity index (χ0v) is 17.2. The highest BCUT2D eigenvalue weighted by molar-refractivity contribution is 5.83. The van der Waals surface area contributed by atoms with E-state index in [1.54, 1.807) is 0 Å². The number of rotatable bonds is 6. The van der Waals surface area contributed by atoms with E-state index in [0.29, 0.717) is 31.7 Å². The third-order valence-corrected chi connectivity index (χ3v) is 6.00. The number of ether oxygens (including phenoxy) is 2. The van der Waals surface area contributed by atoms with Crippen LogP contribution in [0.4, 0.5) is 0 Å². The van der Waals surface area contributed by atoms with Gasteiger partial charge in [-0.2, -0.15) is 0 Å². The molecule has 1 amide bonds. The number of hydrogen-bond donors (Lipinski definition) is 1. The summed E-state index contributed by atoms with van der Waals surface area (Å²) in [6.07, 6.45) is 2.51. The zero-order valence-electron chi connectivity index (χ0n) is 17.2. The number of benzene rings is 1. The predicted molar refractivity (Wildman–Crippen MR) is 107 cm³/mol. The second kappa shape index (κ2) is 8.96. The fourth-order valence-corrected chi connectivity index (χ4v) is 3.99. The molecule has 0 bridgehead atoms. The fourth-order valence-electron chi connectivity index (χ4n) is 3.99. The van der Waals surface area contributed by atoms with Gasteiger partial charge in [-0.1, -0.05) is 26.8 Å². The van der Waals surface area contributed by atoms with Crippen molar-refractivity contribution in [3.8, 4) is 11.5 Å². The summed E-state index contributed by atoms with van der Waals surface area (Å²) in [5.74, 6) is 2.69. The van der Waals surface area contributed by atoms with Gasteiger partial charge < -0.3 is 14.8 Å². The number of amides is 1. The molecule has 1 aromatic carbocycles. The van der Waals surface area contributed by atoms with Crippen LogP contribution in [0, 0.1) is 11.8 Å². The van der Waals surface area contributed by atoms with Crippen molar-refractivity contribution in [1.29, 1.82) is 0 Å². The van der Waals surface area contributed by atoms with E-state index in [4.69, 9.17) is 9.47 Å². The average molecular weight is 375 g/mol. The Bertz CT molecular complexity index is 638. The Morgan fingerprint density at radius 3 is 2.48 bits per heavy atom. The van der Waals surface area contributed by atoms with E-state index >= 15 is 0 Å². The van der Waals surface area contributed by atoms with E-state index in [2.05, 4.69) is 31.0 Å².